The monoisotopic (exact) mass is 331 g/mol. The van der Waals surface area contributed by atoms with Gasteiger partial charge in [-0.1, -0.05) is 13.8 Å². The summed E-state index contributed by atoms with van der Waals surface area (Å²) in [5.41, 5.74) is -1.94. The van der Waals surface area contributed by atoms with E-state index in [1.807, 2.05) is 20.8 Å². The van der Waals surface area contributed by atoms with Gasteiger partial charge in [-0.3, -0.25) is 9.59 Å². The van der Waals surface area contributed by atoms with Crippen LogP contribution in [0.5, 0.6) is 0 Å². The number of hydrogen-bond donors (Lipinski definition) is 1. The highest BCUT2D eigenvalue weighted by Gasteiger charge is 2.76. The standard InChI is InChI=1S/C20H29NO3/c1-17(2)18(3)4-5-20(17,24-16(18)23)15(22)21-19-9-12-6-13(10-19)8-14(7-12)11-19/h12-14H,4-11H2,1-3H3,(H,21,22)/t12?,13?,14?,18-,19?,20+/m0/s1. The van der Waals surface area contributed by atoms with E-state index in [0.717, 1.165) is 43.4 Å². The normalized spacial score (nSPS) is 53.3. The molecule has 0 radical (unpaired) electrons. The van der Waals surface area contributed by atoms with E-state index >= 15 is 0 Å². The molecule has 5 aliphatic carbocycles. The van der Waals surface area contributed by atoms with Crippen LogP contribution in [0.3, 0.4) is 0 Å². The summed E-state index contributed by atoms with van der Waals surface area (Å²) in [6.45, 7) is 6.07. The Labute approximate surface area is 144 Å². The summed E-state index contributed by atoms with van der Waals surface area (Å²) in [5.74, 6) is 2.19. The summed E-state index contributed by atoms with van der Waals surface area (Å²) in [6, 6.07) is 0. The molecule has 6 bridgehead atoms. The third-order valence-corrected chi connectivity index (χ3v) is 8.87. The maximum Gasteiger partial charge on any atom is 0.313 e. The van der Waals surface area contributed by atoms with E-state index in [4.69, 9.17) is 4.74 Å². The molecular formula is C20H29NO3. The molecule has 132 valence electrons. The maximum absolute atomic E-state index is 13.4. The fraction of sp³-hybridized carbons (Fsp3) is 0.900. The zero-order chi connectivity index (χ0) is 17.0. The molecule has 6 rings (SSSR count). The molecule has 24 heavy (non-hydrogen) atoms. The largest absolute Gasteiger partial charge is 0.448 e. The van der Waals surface area contributed by atoms with E-state index < -0.39 is 16.4 Å². The summed E-state index contributed by atoms with van der Waals surface area (Å²) in [6.07, 6.45) is 8.90. The number of hydrogen-bond acceptors (Lipinski definition) is 3. The topological polar surface area (TPSA) is 55.4 Å². The molecule has 0 unspecified atom stereocenters. The van der Waals surface area contributed by atoms with Crippen molar-refractivity contribution in [2.45, 2.75) is 83.3 Å². The number of rotatable bonds is 2. The molecule has 0 aromatic rings. The molecule has 1 heterocycles. The van der Waals surface area contributed by atoms with Crippen LogP contribution >= 0.6 is 0 Å². The van der Waals surface area contributed by atoms with Crippen molar-refractivity contribution < 1.29 is 14.3 Å². The van der Waals surface area contributed by atoms with Crippen molar-refractivity contribution in [2.75, 3.05) is 0 Å². The van der Waals surface area contributed by atoms with Gasteiger partial charge in [-0.2, -0.15) is 0 Å². The van der Waals surface area contributed by atoms with Crippen molar-refractivity contribution >= 4 is 11.9 Å². The van der Waals surface area contributed by atoms with Gasteiger partial charge in [0, 0.05) is 11.0 Å². The zero-order valence-electron chi connectivity index (χ0n) is 15.1. The van der Waals surface area contributed by atoms with Crippen molar-refractivity contribution in [2.24, 2.45) is 28.6 Å². The molecule has 0 spiro atoms. The van der Waals surface area contributed by atoms with Crippen LogP contribution < -0.4 is 5.32 Å². The minimum atomic E-state index is -0.956. The van der Waals surface area contributed by atoms with Crippen LogP contribution in [0.25, 0.3) is 0 Å². The molecule has 1 amide bonds. The van der Waals surface area contributed by atoms with Gasteiger partial charge in [-0.25, -0.2) is 0 Å². The summed E-state index contributed by atoms with van der Waals surface area (Å²) in [4.78, 5) is 25.9. The van der Waals surface area contributed by atoms with E-state index in [1.54, 1.807) is 0 Å². The van der Waals surface area contributed by atoms with Crippen LogP contribution in [0.4, 0.5) is 0 Å². The Morgan fingerprint density at radius 2 is 1.54 bits per heavy atom. The fourth-order valence-corrected chi connectivity index (χ4v) is 7.35. The SMILES string of the molecule is CC1(C)[C@@]2(C)CC[C@]1(C(=O)NC13CC4CC(CC(C4)C1)C3)OC2=O. The van der Waals surface area contributed by atoms with Crippen LogP contribution in [0.1, 0.15) is 72.1 Å². The summed E-state index contributed by atoms with van der Waals surface area (Å²) in [5, 5.41) is 3.46. The van der Waals surface area contributed by atoms with E-state index in [2.05, 4.69) is 5.32 Å². The highest BCUT2D eigenvalue weighted by molar-refractivity contribution is 5.96. The molecule has 5 saturated carbocycles. The number of ether oxygens (including phenoxy) is 1. The third kappa shape index (κ3) is 1.56. The smallest absolute Gasteiger partial charge is 0.313 e. The Morgan fingerprint density at radius 1 is 1.00 bits per heavy atom. The Morgan fingerprint density at radius 3 is 1.96 bits per heavy atom. The fourth-order valence-electron chi connectivity index (χ4n) is 7.35. The second kappa shape index (κ2) is 4.19. The molecule has 0 aromatic heterocycles. The van der Waals surface area contributed by atoms with Crippen molar-refractivity contribution in [3.8, 4) is 0 Å². The number of carbonyl (C=O) groups excluding carboxylic acids is 2. The van der Waals surface area contributed by atoms with Gasteiger partial charge >= 0.3 is 5.97 Å². The van der Waals surface area contributed by atoms with Crippen LogP contribution in [-0.4, -0.2) is 23.0 Å². The highest BCUT2D eigenvalue weighted by Crippen LogP contribution is 2.66. The molecule has 0 aromatic carbocycles. The first-order valence-corrected chi connectivity index (χ1v) is 9.76. The van der Waals surface area contributed by atoms with Gasteiger partial charge in [-0.05, 0) is 76.0 Å². The minimum absolute atomic E-state index is 0.0102. The van der Waals surface area contributed by atoms with Crippen LogP contribution in [0, 0.1) is 28.6 Å². The summed E-state index contributed by atoms with van der Waals surface area (Å²) < 4.78 is 5.79. The lowest BCUT2D eigenvalue weighted by Crippen LogP contribution is -2.65. The van der Waals surface area contributed by atoms with Gasteiger partial charge < -0.3 is 10.1 Å². The lowest BCUT2D eigenvalue weighted by Gasteiger charge is -2.57. The summed E-state index contributed by atoms with van der Waals surface area (Å²) in [7, 11) is 0. The molecular weight excluding hydrogens is 302 g/mol. The lowest BCUT2D eigenvalue weighted by atomic mass is 9.53. The van der Waals surface area contributed by atoms with Crippen LogP contribution in [-0.2, 0) is 14.3 Å². The van der Waals surface area contributed by atoms with E-state index in [9.17, 15) is 9.59 Å². The number of fused-ring (bicyclic) bond motifs is 2. The van der Waals surface area contributed by atoms with Crippen molar-refractivity contribution in [1.29, 1.82) is 0 Å². The number of nitrogens with one attached hydrogen (secondary N) is 1. The Balaban J connectivity index is 1.45. The molecule has 1 saturated heterocycles. The number of esters is 1. The predicted molar refractivity (Wildman–Crippen MR) is 89.0 cm³/mol. The third-order valence-electron chi connectivity index (χ3n) is 8.87. The first kappa shape index (κ1) is 15.2. The molecule has 4 nitrogen and oxygen atoms in total. The van der Waals surface area contributed by atoms with E-state index in [1.165, 1.54) is 19.3 Å². The molecule has 1 aliphatic heterocycles. The zero-order valence-corrected chi connectivity index (χ0v) is 15.1. The quantitative estimate of drug-likeness (QED) is 0.791. The lowest BCUT2D eigenvalue weighted by molar-refractivity contribution is -0.170. The average Bonchev–Trinajstić information content (AvgIpc) is 2.75. The van der Waals surface area contributed by atoms with Crippen molar-refractivity contribution in [3.05, 3.63) is 0 Å². The van der Waals surface area contributed by atoms with Crippen LogP contribution in [0.15, 0.2) is 0 Å². The van der Waals surface area contributed by atoms with Gasteiger partial charge in [0.15, 0.2) is 5.60 Å². The average molecular weight is 331 g/mol. The van der Waals surface area contributed by atoms with Gasteiger partial charge in [0.2, 0.25) is 0 Å². The Bertz CT molecular complexity index is 604. The van der Waals surface area contributed by atoms with Crippen molar-refractivity contribution in [1.82, 2.24) is 5.32 Å². The first-order chi connectivity index (χ1) is 11.2. The van der Waals surface area contributed by atoms with Gasteiger partial charge in [-0.15, -0.1) is 0 Å². The second-order valence-electron chi connectivity index (χ2n) is 10.3. The van der Waals surface area contributed by atoms with Crippen molar-refractivity contribution in [3.63, 3.8) is 0 Å². The molecule has 4 heteroatoms. The molecule has 2 atom stereocenters. The Hall–Kier alpha value is -1.06. The summed E-state index contributed by atoms with van der Waals surface area (Å²) >= 11 is 0. The van der Waals surface area contributed by atoms with E-state index in [0.29, 0.717) is 6.42 Å². The number of carbonyl (C=O) groups is 2. The predicted octanol–water partition coefficient (Wildman–Crippen LogP) is 3.19. The van der Waals surface area contributed by atoms with Gasteiger partial charge in [0.1, 0.15) is 0 Å². The second-order valence-corrected chi connectivity index (χ2v) is 10.3. The molecule has 6 aliphatic rings. The first-order valence-electron chi connectivity index (χ1n) is 9.76. The van der Waals surface area contributed by atoms with Gasteiger partial charge in [0.25, 0.3) is 5.91 Å². The maximum atomic E-state index is 13.4. The van der Waals surface area contributed by atoms with E-state index in [-0.39, 0.29) is 17.4 Å². The molecule has 1 N–H and O–H groups in total. The minimum Gasteiger partial charge on any atom is -0.448 e. The highest BCUT2D eigenvalue weighted by atomic mass is 16.6. The molecule has 6 fully saturated rings. The van der Waals surface area contributed by atoms with Gasteiger partial charge in [0.05, 0.1) is 5.41 Å². The number of amides is 1. The Kier molecular flexibility index (Phi) is 2.65. The van der Waals surface area contributed by atoms with Crippen LogP contribution in [0.2, 0.25) is 0 Å².